The molecule has 0 amide bonds. The fourth-order valence-electron chi connectivity index (χ4n) is 1.28. The van der Waals surface area contributed by atoms with Crippen LogP contribution < -0.4 is 5.73 Å². The third-order valence-electron chi connectivity index (χ3n) is 2.05. The fraction of sp³-hybridized carbons (Fsp3) is 0.300. The largest absolute Gasteiger partial charge is 0.481 e. The standard InChI is InChI=1S/C10H12BrNO2/c11-9-3-1-7(2-4-9)8(6-12)5-10(13)14/h1-4,8H,5-6,12H2,(H,13,14). The second kappa shape index (κ2) is 5.12. The molecule has 1 aromatic carbocycles. The Labute approximate surface area is 91.1 Å². The van der Waals surface area contributed by atoms with Gasteiger partial charge < -0.3 is 10.8 Å². The summed E-state index contributed by atoms with van der Waals surface area (Å²) in [5, 5.41) is 8.67. The lowest BCUT2D eigenvalue weighted by Crippen LogP contribution is -2.16. The number of carboxylic acids is 1. The van der Waals surface area contributed by atoms with E-state index in [-0.39, 0.29) is 12.3 Å². The average Bonchev–Trinajstić information content (AvgIpc) is 2.15. The summed E-state index contributed by atoms with van der Waals surface area (Å²) >= 11 is 3.32. The van der Waals surface area contributed by atoms with Gasteiger partial charge >= 0.3 is 5.97 Å². The van der Waals surface area contributed by atoms with Gasteiger partial charge in [0.1, 0.15) is 0 Å². The van der Waals surface area contributed by atoms with E-state index in [0.717, 1.165) is 10.0 Å². The number of hydrogen-bond donors (Lipinski definition) is 2. The van der Waals surface area contributed by atoms with Crippen LogP contribution in [0.3, 0.4) is 0 Å². The minimum Gasteiger partial charge on any atom is -0.481 e. The van der Waals surface area contributed by atoms with E-state index in [1.54, 1.807) is 0 Å². The summed E-state index contributed by atoms with van der Waals surface area (Å²) in [5.41, 5.74) is 6.49. The summed E-state index contributed by atoms with van der Waals surface area (Å²) in [7, 11) is 0. The maximum absolute atomic E-state index is 10.5. The van der Waals surface area contributed by atoms with Crippen molar-refractivity contribution in [2.75, 3.05) is 6.54 Å². The molecule has 0 bridgehead atoms. The zero-order valence-corrected chi connectivity index (χ0v) is 9.20. The molecule has 1 rings (SSSR count). The normalized spacial score (nSPS) is 12.4. The molecular formula is C10H12BrNO2. The van der Waals surface area contributed by atoms with Gasteiger partial charge in [0.15, 0.2) is 0 Å². The van der Waals surface area contributed by atoms with Crippen molar-refractivity contribution in [3.63, 3.8) is 0 Å². The monoisotopic (exact) mass is 257 g/mol. The van der Waals surface area contributed by atoms with Crippen molar-refractivity contribution in [2.45, 2.75) is 12.3 Å². The van der Waals surface area contributed by atoms with Crippen LogP contribution in [0.2, 0.25) is 0 Å². The van der Waals surface area contributed by atoms with Crippen molar-refractivity contribution >= 4 is 21.9 Å². The van der Waals surface area contributed by atoms with E-state index in [0.29, 0.717) is 6.54 Å². The van der Waals surface area contributed by atoms with Crippen LogP contribution in [0.25, 0.3) is 0 Å². The van der Waals surface area contributed by atoms with E-state index in [1.165, 1.54) is 0 Å². The summed E-state index contributed by atoms with van der Waals surface area (Å²) in [6.45, 7) is 0.355. The number of nitrogens with two attached hydrogens (primary N) is 1. The van der Waals surface area contributed by atoms with E-state index in [2.05, 4.69) is 15.9 Å². The average molecular weight is 258 g/mol. The zero-order valence-electron chi connectivity index (χ0n) is 7.61. The first kappa shape index (κ1) is 11.2. The Bertz CT molecular complexity index is 310. The Morgan fingerprint density at radius 2 is 2.00 bits per heavy atom. The second-order valence-electron chi connectivity index (χ2n) is 3.08. The lowest BCUT2D eigenvalue weighted by atomic mass is 9.96. The summed E-state index contributed by atoms with van der Waals surface area (Å²) < 4.78 is 0.979. The molecule has 14 heavy (non-hydrogen) atoms. The number of halogens is 1. The van der Waals surface area contributed by atoms with Crippen LogP contribution in [0.15, 0.2) is 28.7 Å². The Hall–Kier alpha value is -0.870. The molecule has 0 saturated carbocycles. The molecule has 76 valence electrons. The molecule has 0 saturated heterocycles. The molecule has 0 heterocycles. The van der Waals surface area contributed by atoms with Crippen LogP contribution in [0.1, 0.15) is 17.9 Å². The zero-order chi connectivity index (χ0) is 10.6. The van der Waals surface area contributed by atoms with Crippen LogP contribution in [0.5, 0.6) is 0 Å². The SMILES string of the molecule is NCC(CC(=O)O)c1ccc(Br)cc1. The van der Waals surface area contributed by atoms with Gasteiger partial charge in [-0.25, -0.2) is 0 Å². The summed E-state index contributed by atoms with van der Waals surface area (Å²) in [6.07, 6.45) is 0.0815. The van der Waals surface area contributed by atoms with Gasteiger partial charge in [0, 0.05) is 10.4 Å². The van der Waals surface area contributed by atoms with Gasteiger partial charge in [-0.1, -0.05) is 28.1 Å². The van der Waals surface area contributed by atoms with Crippen LogP contribution in [-0.4, -0.2) is 17.6 Å². The molecular weight excluding hydrogens is 246 g/mol. The molecule has 0 aliphatic rings. The maximum Gasteiger partial charge on any atom is 0.304 e. The lowest BCUT2D eigenvalue weighted by molar-refractivity contribution is -0.137. The van der Waals surface area contributed by atoms with Crippen molar-refractivity contribution in [2.24, 2.45) is 5.73 Å². The molecule has 1 atom stereocenters. The first-order valence-corrected chi connectivity index (χ1v) is 5.10. The van der Waals surface area contributed by atoms with Crippen molar-refractivity contribution < 1.29 is 9.90 Å². The van der Waals surface area contributed by atoms with Gasteiger partial charge in [0.05, 0.1) is 6.42 Å². The quantitative estimate of drug-likeness (QED) is 0.867. The van der Waals surface area contributed by atoms with E-state index < -0.39 is 5.97 Å². The maximum atomic E-state index is 10.5. The molecule has 1 unspecified atom stereocenters. The third kappa shape index (κ3) is 3.12. The highest BCUT2D eigenvalue weighted by atomic mass is 79.9. The highest BCUT2D eigenvalue weighted by Crippen LogP contribution is 2.20. The highest BCUT2D eigenvalue weighted by Gasteiger charge is 2.13. The number of hydrogen-bond acceptors (Lipinski definition) is 2. The molecule has 0 radical (unpaired) electrons. The van der Waals surface area contributed by atoms with E-state index >= 15 is 0 Å². The fourth-order valence-corrected chi connectivity index (χ4v) is 1.55. The van der Waals surface area contributed by atoms with Crippen LogP contribution in [-0.2, 0) is 4.79 Å². The number of aliphatic carboxylic acids is 1. The predicted molar refractivity (Wildman–Crippen MR) is 58.2 cm³/mol. The minimum absolute atomic E-state index is 0.0815. The van der Waals surface area contributed by atoms with E-state index in [4.69, 9.17) is 10.8 Å². The number of carbonyl (C=O) groups is 1. The molecule has 3 nitrogen and oxygen atoms in total. The Morgan fingerprint density at radius 3 is 2.43 bits per heavy atom. The van der Waals surface area contributed by atoms with Gasteiger partial charge in [-0.2, -0.15) is 0 Å². The number of benzene rings is 1. The van der Waals surface area contributed by atoms with Gasteiger partial charge in [0.25, 0.3) is 0 Å². The Kier molecular flexibility index (Phi) is 4.10. The number of rotatable bonds is 4. The predicted octanol–water partition coefficient (Wildman–Crippen LogP) is 1.97. The van der Waals surface area contributed by atoms with E-state index in [9.17, 15) is 4.79 Å². The lowest BCUT2D eigenvalue weighted by Gasteiger charge is -2.12. The molecule has 0 spiro atoms. The molecule has 0 aliphatic carbocycles. The smallest absolute Gasteiger partial charge is 0.304 e. The molecule has 3 N–H and O–H groups in total. The topological polar surface area (TPSA) is 63.3 Å². The first-order valence-electron chi connectivity index (χ1n) is 4.31. The van der Waals surface area contributed by atoms with Gasteiger partial charge in [-0.15, -0.1) is 0 Å². The van der Waals surface area contributed by atoms with Gasteiger partial charge in [0.2, 0.25) is 0 Å². The molecule has 4 heteroatoms. The number of carboxylic acid groups (broad SMARTS) is 1. The molecule has 0 aromatic heterocycles. The van der Waals surface area contributed by atoms with Crippen molar-refractivity contribution in [3.05, 3.63) is 34.3 Å². The van der Waals surface area contributed by atoms with Crippen LogP contribution >= 0.6 is 15.9 Å². The highest BCUT2D eigenvalue weighted by molar-refractivity contribution is 9.10. The summed E-state index contributed by atoms with van der Waals surface area (Å²) in [5.74, 6) is -0.913. The Balaban J connectivity index is 2.78. The summed E-state index contributed by atoms with van der Waals surface area (Å²) in [4.78, 5) is 10.5. The van der Waals surface area contributed by atoms with Crippen molar-refractivity contribution in [3.8, 4) is 0 Å². The van der Waals surface area contributed by atoms with Gasteiger partial charge in [-0.05, 0) is 24.2 Å². The summed E-state index contributed by atoms with van der Waals surface area (Å²) in [6, 6.07) is 7.56. The molecule has 0 aliphatic heterocycles. The van der Waals surface area contributed by atoms with Crippen LogP contribution in [0.4, 0.5) is 0 Å². The Morgan fingerprint density at radius 1 is 1.43 bits per heavy atom. The van der Waals surface area contributed by atoms with Gasteiger partial charge in [-0.3, -0.25) is 4.79 Å². The minimum atomic E-state index is -0.816. The third-order valence-corrected chi connectivity index (χ3v) is 2.58. The van der Waals surface area contributed by atoms with E-state index in [1.807, 2.05) is 24.3 Å². The van der Waals surface area contributed by atoms with Crippen molar-refractivity contribution in [1.82, 2.24) is 0 Å². The van der Waals surface area contributed by atoms with Crippen molar-refractivity contribution in [1.29, 1.82) is 0 Å². The van der Waals surface area contributed by atoms with Crippen LogP contribution in [0, 0.1) is 0 Å². The first-order chi connectivity index (χ1) is 6.63. The molecule has 1 aromatic rings. The second-order valence-corrected chi connectivity index (χ2v) is 4.00. The molecule has 0 fully saturated rings.